The summed E-state index contributed by atoms with van der Waals surface area (Å²) >= 11 is 1.38. The van der Waals surface area contributed by atoms with Crippen molar-refractivity contribution in [1.29, 1.82) is 5.26 Å². The number of nitriles is 1. The zero-order valence-corrected chi connectivity index (χ0v) is 19.5. The van der Waals surface area contributed by atoms with E-state index in [0.29, 0.717) is 6.54 Å². The lowest BCUT2D eigenvalue weighted by molar-refractivity contribution is -0.116. The molecule has 0 unspecified atom stereocenters. The number of aromatic nitrogens is 3. The minimum absolute atomic E-state index is 0.0142. The van der Waals surface area contributed by atoms with Crippen LogP contribution < -0.4 is 4.90 Å². The quantitative estimate of drug-likeness (QED) is 0.355. The van der Waals surface area contributed by atoms with Crippen molar-refractivity contribution in [3.8, 4) is 6.07 Å². The number of nitrogens with zero attached hydrogens (tertiary/aromatic N) is 6. The monoisotopic (exact) mass is 460 g/mol. The number of anilines is 1. The van der Waals surface area contributed by atoms with Gasteiger partial charge in [0.1, 0.15) is 12.4 Å². The van der Waals surface area contributed by atoms with Crippen molar-refractivity contribution >= 4 is 23.4 Å². The first-order chi connectivity index (χ1) is 16.2. The standard InChI is InChI=1S/C25H28N6OS/c26-14-17-30(22-12-6-2-7-13-22)24(32)20-33-25-28-27-23(19-29-15-8-3-9-16-29)31(25)18-21-10-4-1-5-11-21/h1-2,4-7,10-13H,3,8-9,15-20H2. The van der Waals surface area contributed by atoms with Gasteiger partial charge in [-0.15, -0.1) is 10.2 Å². The Kier molecular flexibility index (Phi) is 8.12. The molecule has 0 atom stereocenters. The normalized spacial score (nSPS) is 14.0. The molecule has 0 aliphatic carbocycles. The molecule has 8 heteroatoms. The lowest BCUT2D eigenvalue weighted by Gasteiger charge is -2.26. The summed E-state index contributed by atoms with van der Waals surface area (Å²) in [6.45, 7) is 3.60. The molecule has 0 spiro atoms. The van der Waals surface area contributed by atoms with Gasteiger partial charge in [-0.2, -0.15) is 5.26 Å². The number of piperidine rings is 1. The fraction of sp³-hybridized carbons (Fsp3) is 0.360. The Morgan fingerprint density at radius 3 is 2.36 bits per heavy atom. The molecule has 2 aromatic carbocycles. The molecule has 0 radical (unpaired) electrons. The second kappa shape index (κ2) is 11.6. The van der Waals surface area contributed by atoms with E-state index >= 15 is 0 Å². The Balaban J connectivity index is 1.51. The van der Waals surface area contributed by atoms with Gasteiger partial charge in [-0.1, -0.05) is 66.7 Å². The number of benzene rings is 2. The summed E-state index contributed by atoms with van der Waals surface area (Å²) in [5, 5.41) is 18.9. The molecule has 1 aliphatic rings. The van der Waals surface area contributed by atoms with Crippen LogP contribution in [0.15, 0.2) is 65.8 Å². The Morgan fingerprint density at radius 1 is 0.970 bits per heavy atom. The molecule has 33 heavy (non-hydrogen) atoms. The summed E-state index contributed by atoms with van der Waals surface area (Å²) in [5.74, 6) is 0.986. The molecule has 0 bridgehead atoms. The van der Waals surface area contributed by atoms with Gasteiger partial charge in [0.15, 0.2) is 5.16 Å². The van der Waals surface area contributed by atoms with Crippen molar-refractivity contribution in [2.45, 2.75) is 37.5 Å². The summed E-state index contributed by atoms with van der Waals surface area (Å²) in [5.41, 5.74) is 1.89. The molecule has 2 heterocycles. The van der Waals surface area contributed by atoms with Gasteiger partial charge in [0.2, 0.25) is 5.91 Å². The maximum absolute atomic E-state index is 13.0. The summed E-state index contributed by atoms with van der Waals surface area (Å²) in [6.07, 6.45) is 3.73. The van der Waals surface area contributed by atoms with Crippen LogP contribution in [-0.4, -0.2) is 51.0 Å². The number of hydrogen-bond donors (Lipinski definition) is 0. The molecule has 1 amide bonds. The first kappa shape index (κ1) is 23.0. The van der Waals surface area contributed by atoms with E-state index in [4.69, 9.17) is 0 Å². The summed E-state index contributed by atoms with van der Waals surface area (Å²) in [6, 6.07) is 21.6. The van der Waals surface area contributed by atoms with Gasteiger partial charge in [0.25, 0.3) is 0 Å². The number of carbonyl (C=O) groups excluding carboxylic acids is 1. The van der Waals surface area contributed by atoms with E-state index in [2.05, 4.69) is 37.9 Å². The highest BCUT2D eigenvalue weighted by atomic mass is 32.2. The molecule has 170 valence electrons. The highest BCUT2D eigenvalue weighted by Gasteiger charge is 2.21. The molecule has 1 aliphatic heterocycles. The van der Waals surface area contributed by atoms with Crippen LogP contribution in [0.4, 0.5) is 5.69 Å². The molecular formula is C25H28N6OS. The number of carbonyl (C=O) groups is 1. The second-order valence-corrected chi connectivity index (χ2v) is 9.01. The fourth-order valence-electron chi connectivity index (χ4n) is 3.99. The van der Waals surface area contributed by atoms with Crippen molar-refractivity contribution in [3.05, 3.63) is 72.1 Å². The number of rotatable bonds is 9. The zero-order valence-electron chi connectivity index (χ0n) is 18.6. The van der Waals surface area contributed by atoms with Crippen LogP contribution in [0.25, 0.3) is 0 Å². The van der Waals surface area contributed by atoms with E-state index in [0.717, 1.165) is 36.3 Å². The van der Waals surface area contributed by atoms with Crippen LogP contribution in [0, 0.1) is 11.3 Å². The number of amides is 1. The molecule has 7 nitrogen and oxygen atoms in total. The minimum Gasteiger partial charge on any atom is -0.300 e. The van der Waals surface area contributed by atoms with E-state index in [9.17, 15) is 10.1 Å². The van der Waals surface area contributed by atoms with Gasteiger partial charge < -0.3 is 4.57 Å². The number of thioether (sulfide) groups is 1. The van der Waals surface area contributed by atoms with Crippen molar-refractivity contribution < 1.29 is 4.79 Å². The average Bonchev–Trinajstić information content (AvgIpc) is 3.23. The largest absolute Gasteiger partial charge is 0.300 e. The predicted octanol–water partition coefficient (Wildman–Crippen LogP) is 3.96. The van der Waals surface area contributed by atoms with Crippen molar-refractivity contribution in [3.63, 3.8) is 0 Å². The zero-order chi connectivity index (χ0) is 22.9. The van der Waals surface area contributed by atoms with Gasteiger partial charge in [0, 0.05) is 5.69 Å². The van der Waals surface area contributed by atoms with Gasteiger partial charge >= 0.3 is 0 Å². The lowest BCUT2D eigenvalue weighted by Crippen LogP contribution is -2.32. The van der Waals surface area contributed by atoms with Crippen LogP contribution in [0.5, 0.6) is 0 Å². The Bertz CT molecular complexity index is 1070. The van der Waals surface area contributed by atoms with Gasteiger partial charge in [-0.05, 0) is 43.6 Å². The molecule has 0 saturated carbocycles. The third-order valence-corrected chi connectivity index (χ3v) is 6.66. The van der Waals surface area contributed by atoms with E-state index in [1.165, 1.54) is 41.5 Å². The molecular weight excluding hydrogens is 432 g/mol. The fourth-order valence-corrected chi connectivity index (χ4v) is 4.82. The number of para-hydroxylation sites is 1. The van der Waals surface area contributed by atoms with Crippen molar-refractivity contribution in [2.75, 3.05) is 30.3 Å². The third-order valence-electron chi connectivity index (χ3n) is 5.71. The third kappa shape index (κ3) is 6.21. The topological polar surface area (TPSA) is 78.0 Å². The summed E-state index contributed by atoms with van der Waals surface area (Å²) in [4.78, 5) is 16.9. The number of hydrogen-bond acceptors (Lipinski definition) is 6. The Morgan fingerprint density at radius 2 is 1.67 bits per heavy atom. The molecule has 1 saturated heterocycles. The molecule has 4 rings (SSSR count). The van der Waals surface area contributed by atoms with Crippen LogP contribution in [0.2, 0.25) is 0 Å². The maximum Gasteiger partial charge on any atom is 0.238 e. The first-order valence-corrected chi connectivity index (χ1v) is 12.3. The minimum atomic E-state index is -0.125. The van der Waals surface area contributed by atoms with Crippen LogP contribution in [0.3, 0.4) is 0 Å². The molecule has 1 aromatic heterocycles. The van der Waals surface area contributed by atoms with Gasteiger partial charge in [-0.25, -0.2) is 0 Å². The molecule has 3 aromatic rings. The molecule has 1 fully saturated rings. The lowest BCUT2D eigenvalue weighted by atomic mass is 10.1. The van der Waals surface area contributed by atoms with E-state index in [1.54, 1.807) is 0 Å². The van der Waals surface area contributed by atoms with E-state index in [1.807, 2.05) is 48.5 Å². The van der Waals surface area contributed by atoms with Gasteiger partial charge in [-0.3, -0.25) is 14.6 Å². The van der Waals surface area contributed by atoms with Gasteiger partial charge in [0.05, 0.1) is 24.9 Å². The second-order valence-electron chi connectivity index (χ2n) is 8.07. The van der Waals surface area contributed by atoms with E-state index < -0.39 is 0 Å². The molecule has 0 N–H and O–H groups in total. The maximum atomic E-state index is 13.0. The highest BCUT2D eigenvalue weighted by molar-refractivity contribution is 7.99. The summed E-state index contributed by atoms with van der Waals surface area (Å²) in [7, 11) is 0. The SMILES string of the molecule is N#CCN(C(=O)CSc1nnc(CN2CCCCC2)n1Cc1ccccc1)c1ccccc1. The number of likely N-dealkylation sites (tertiary alicyclic amines) is 1. The summed E-state index contributed by atoms with van der Waals surface area (Å²) < 4.78 is 2.12. The van der Waals surface area contributed by atoms with Crippen LogP contribution in [-0.2, 0) is 17.9 Å². The van der Waals surface area contributed by atoms with E-state index in [-0.39, 0.29) is 18.2 Å². The van der Waals surface area contributed by atoms with Crippen molar-refractivity contribution in [1.82, 2.24) is 19.7 Å². The average molecular weight is 461 g/mol. The highest BCUT2D eigenvalue weighted by Crippen LogP contribution is 2.23. The first-order valence-electron chi connectivity index (χ1n) is 11.3. The Labute approximate surface area is 199 Å². The predicted molar refractivity (Wildman–Crippen MR) is 130 cm³/mol. The van der Waals surface area contributed by atoms with Crippen LogP contribution in [0.1, 0.15) is 30.7 Å². The smallest absolute Gasteiger partial charge is 0.238 e. The Hall–Kier alpha value is -3.15. The van der Waals surface area contributed by atoms with Crippen molar-refractivity contribution in [2.24, 2.45) is 0 Å². The van der Waals surface area contributed by atoms with Crippen LogP contribution >= 0.6 is 11.8 Å².